The molecule has 0 radical (unpaired) electrons. The molecule has 0 aliphatic carbocycles. The molecule has 0 spiro atoms. The molecule has 29 heavy (non-hydrogen) atoms. The van der Waals surface area contributed by atoms with E-state index in [-0.39, 0.29) is 24.9 Å². The molecule has 156 valence electrons. The molecule has 0 aliphatic heterocycles. The van der Waals surface area contributed by atoms with Gasteiger partial charge in [-0.1, -0.05) is 23.7 Å². The van der Waals surface area contributed by atoms with Gasteiger partial charge in [-0.3, -0.25) is 14.5 Å². The average molecular weight is 418 g/mol. The van der Waals surface area contributed by atoms with Crippen molar-refractivity contribution in [2.45, 2.75) is 20.4 Å². The first-order chi connectivity index (χ1) is 13.7. The molecule has 0 aromatic heterocycles. The maximum absolute atomic E-state index is 12.5. The summed E-state index contributed by atoms with van der Waals surface area (Å²) in [5.41, 5.74) is 3.70. The summed E-state index contributed by atoms with van der Waals surface area (Å²) in [6, 6.07) is 11.3. The lowest BCUT2D eigenvalue weighted by atomic mass is 10.1. The molecular weight excluding hydrogens is 390 g/mol. The fourth-order valence-corrected chi connectivity index (χ4v) is 3.13. The number of amides is 2. The molecule has 0 heterocycles. The first-order valence-electron chi connectivity index (χ1n) is 9.31. The van der Waals surface area contributed by atoms with Gasteiger partial charge in [-0.2, -0.15) is 0 Å². The lowest BCUT2D eigenvalue weighted by Gasteiger charge is -2.22. The van der Waals surface area contributed by atoms with Crippen molar-refractivity contribution < 1.29 is 14.3 Å². The maximum Gasteiger partial charge on any atom is 0.243 e. The quantitative estimate of drug-likeness (QED) is 0.714. The maximum atomic E-state index is 12.5. The minimum Gasteiger partial charge on any atom is -0.496 e. The van der Waals surface area contributed by atoms with Gasteiger partial charge in [0.15, 0.2) is 0 Å². The Labute approximate surface area is 177 Å². The summed E-state index contributed by atoms with van der Waals surface area (Å²) in [5, 5.41) is 3.49. The number of nitrogens with one attached hydrogen (secondary N) is 1. The van der Waals surface area contributed by atoms with E-state index in [0.717, 1.165) is 28.1 Å². The van der Waals surface area contributed by atoms with Crippen LogP contribution in [0.25, 0.3) is 0 Å². The monoisotopic (exact) mass is 417 g/mol. The van der Waals surface area contributed by atoms with Crippen LogP contribution in [0.15, 0.2) is 36.4 Å². The molecule has 6 nitrogen and oxygen atoms in total. The van der Waals surface area contributed by atoms with E-state index >= 15 is 0 Å². The van der Waals surface area contributed by atoms with Gasteiger partial charge in [0.1, 0.15) is 5.75 Å². The molecule has 2 aromatic rings. The molecule has 0 aliphatic rings. The van der Waals surface area contributed by atoms with Crippen LogP contribution in [0.1, 0.15) is 16.7 Å². The first kappa shape index (κ1) is 22.7. The molecule has 2 amide bonds. The van der Waals surface area contributed by atoms with Crippen LogP contribution in [-0.4, -0.2) is 55.9 Å². The van der Waals surface area contributed by atoms with Crippen molar-refractivity contribution in [2.24, 2.45) is 0 Å². The number of halogens is 1. The largest absolute Gasteiger partial charge is 0.496 e. The minimum atomic E-state index is -0.228. The van der Waals surface area contributed by atoms with Crippen LogP contribution < -0.4 is 10.1 Å². The Balaban J connectivity index is 1.90. The summed E-state index contributed by atoms with van der Waals surface area (Å²) < 4.78 is 5.35. The molecule has 0 saturated carbocycles. The number of methoxy groups -OCH3 is 1. The summed E-state index contributed by atoms with van der Waals surface area (Å²) in [7, 11) is 5.06. The number of rotatable bonds is 8. The third-order valence-electron chi connectivity index (χ3n) is 4.56. The van der Waals surface area contributed by atoms with Gasteiger partial charge in [0.25, 0.3) is 0 Å². The van der Waals surface area contributed by atoms with Crippen LogP contribution in [0.4, 0.5) is 5.69 Å². The van der Waals surface area contributed by atoms with Gasteiger partial charge in [-0.15, -0.1) is 0 Å². The zero-order valence-corrected chi connectivity index (χ0v) is 18.3. The number of hydrogen-bond acceptors (Lipinski definition) is 4. The van der Waals surface area contributed by atoms with Gasteiger partial charge in [0.2, 0.25) is 11.8 Å². The predicted molar refractivity (Wildman–Crippen MR) is 117 cm³/mol. The number of carbonyl (C=O) groups is 2. The predicted octanol–water partition coefficient (Wildman–Crippen LogP) is 3.49. The number of benzene rings is 2. The molecule has 0 atom stereocenters. The van der Waals surface area contributed by atoms with Gasteiger partial charge in [0, 0.05) is 29.9 Å². The smallest absolute Gasteiger partial charge is 0.243 e. The Hall–Kier alpha value is -2.57. The van der Waals surface area contributed by atoms with Crippen LogP contribution in [0.5, 0.6) is 5.75 Å². The summed E-state index contributed by atoms with van der Waals surface area (Å²) in [4.78, 5) is 28.1. The van der Waals surface area contributed by atoms with Crippen molar-refractivity contribution in [1.29, 1.82) is 0 Å². The van der Waals surface area contributed by atoms with E-state index in [1.807, 2.05) is 50.1 Å². The van der Waals surface area contributed by atoms with Gasteiger partial charge in [0.05, 0.1) is 20.2 Å². The van der Waals surface area contributed by atoms with E-state index in [4.69, 9.17) is 16.3 Å². The highest BCUT2D eigenvalue weighted by atomic mass is 35.5. The molecule has 0 saturated heterocycles. The average Bonchev–Trinajstić information content (AvgIpc) is 2.64. The Morgan fingerprint density at radius 3 is 2.48 bits per heavy atom. The molecule has 2 rings (SSSR count). The molecule has 1 N–H and O–H groups in total. The topological polar surface area (TPSA) is 61.9 Å². The zero-order valence-electron chi connectivity index (χ0n) is 17.6. The highest BCUT2D eigenvalue weighted by molar-refractivity contribution is 6.30. The molecule has 0 unspecified atom stereocenters. The van der Waals surface area contributed by atoms with E-state index in [2.05, 4.69) is 5.32 Å². The van der Waals surface area contributed by atoms with Crippen molar-refractivity contribution in [3.63, 3.8) is 0 Å². The van der Waals surface area contributed by atoms with Gasteiger partial charge >= 0.3 is 0 Å². The molecule has 7 heteroatoms. The lowest BCUT2D eigenvalue weighted by Crippen LogP contribution is -2.40. The second-order valence-electron chi connectivity index (χ2n) is 7.24. The molecule has 2 aromatic carbocycles. The van der Waals surface area contributed by atoms with Crippen molar-refractivity contribution in [3.8, 4) is 5.75 Å². The Bertz CT molecular complexity index is 886. The minimum absolute atomic E-state index is 0.0134. The summed E-state index contributed by atoms with van der Waals surface area (Å²) >= 11 is 6.06. The number of ether oxygens (including phenoxy) is 1. The lowest BCUT2D eigenvalue weighted by molar-refractivity contribution is -0.134. The van der Waals surface area contributed by atoms with Gasteiger partial charge < -0.3 is 15.0 Å². The van der Waals surface area contributed by atoms with Crippen molar-refractivity contribution in [2.75, 3.05) is 39.6 Å². The normalized spacial score (nSPS) is 10.7. The first-order valence-corrected chi connectivity index (χ1v) is 9.69. The van der Waals surface area contributed by atoms with E-state index in [0.29, 0.717) is 11.6 Å². The molecule has 0 fully saturated rings. The highest BCUT2D eigenvalue weighted by Gasteiger charge is 2.17. The Kier molecular flexibility index (Phi) is 8.05. The third kappa shape index (κ3) is 6.76. The summed E-state index contributed by atoms with van der Waals surface area (Å²) in [5.74, 6) is 0.341. The number of carbonyl (C=O) groups excluding carboxylic acids is 2. The molecule has 0 bridgehead atoms. The standard InChI is InChI=1S/C22H28ClN3O3/c1-15-6-7-16(2)19(10-15)24-21(27)13-26(4)22(28)14-25(3)12-17-11-18(23)8-9-20(17)29-5/h6-11H,12-14H2,1-5H3,(H,24,27). The number of likely N-dealkylation sites (N-methyl/N-ethyl adjacent to an activating group) is 2. The van der Waals surface area contributed by atoms with Gasteiger partial charge in [-0.05, 0) is 56.3 Å². The zero-order chi connectivity index (χ0) is 21.6. The van der Waals surface area contributed by atoms with Crippen molar-refractivity contribution >= 4 is 29.1 Å². The highest BCUT2D eigenvalue weighted by Crippen LogP contribution is 2.23. The van der Waals surface area contributed by atoms with E-state index in [1.165, 1.54) is 4.90 Å². The SMILES string of the molecule is COc1ccc(Cl)cc1CN(C)CC(=O)N(C)CC(=O)Nc1cc(C)ccc1C. The fraction of sp³-hybridized carbons (Fsp3) is 0.364. The van der Waals surface area contributed by atoms with Crippen molar-refractivity contribution in [3.05, 3.63) is 58.1 Å². The number of hydrogen-bond donors (Lipinski definition) is 1. The summed E-state index contributed by atoms with van der Waals surface area (Å²) in [6.07, 6.45) is 0. The molecular formula is C22H28ClN3O3. The second kappa shape index (κ2) is 10.3. The van der Waals surface area contributed by atoms with E-state index < -0.39 is 0 Å². The second-order valence-corrected chi connectivity index (χ2v) is 7.68. The number of anilines is 1. The van der Waals surface area contributed by atoms with Crippen LogP contribution >= 0.6 is 11.6 Å². The van der Waals surface area contributed by atoms with E-state index in [9.17, 15) is 9.59 Å². The van der Waals surface area contributed by atoms with Crippen LogP contribution in [0, 0.1) is 13.8 Å². The Morgan fingerprint density at radius 1 is 1.07 bits per heavy atom. The van der Waals surface area contributed by atoms with Crippen LogP contribution in [0.3, 0.4) is 0 Å². The van der Waals surface area contributed by atoms with Crippen molar-refractivity contribution in [1.82, 2.24) is 9.80 Å². The summed E-state index contributed by atoms with van der Waals surface area (Å²) in [6.45, 7) is 4.56. The fourth-order valence-electron chi connectivity index (χ4n) is 2.93. The van der Waals surface area contributed by atoms with Crippen LogP contribution in [-0.2, 0) is 16.1 Å². The Morgan fingerprint density at radius 2 is 1.79 bits per heavy atom. The number of nitrogens with zero attached hydrogens (tertiary/aromatic N) is 2. The van der Waals surface area contributed by atoms with E-state index in [1.54, 1.807) is 26.3 Å². The number of aryl methyl sites for hydroxylation is 2. The van der Waals surface area contributed by atoms with Gasteiger partial charge in [-0.25, -0.2) is 0 Å². The third-order valence-corrected chi connectivity index (χ3v) is 4.80. The van der Waals surface area contributed by atoms with Crippen LogP contribution in [0.2, 0.25) is 5.02 Å².